The number of carbonyl (C=O) groups is 1. The van der Waals surface area contributed by atoms with Gasteiger partial charge in [0, 0.05) is 5.69 Å². The fourth-order valence-electron chi connectivity index (χ4n) is 2.45. The molecule has 0 aliphatic carbocycles. The van der Waals surface area contributed by atoms with E-state index in [-0.39, 0.29) is 12.7 Å². The molecule has 0 bridgehead atoms. The predicted molar refractivity (Wildman–Crippen MR) is 105 cm³/mol. The number of rotatable bonds is 6. The van der Waals surface area contributed by atoms with Crippen molar-refractivity contribution in [1.29, 1.82) is 0 Å². The maximum absolute atomic E-state index is 11.8. The van der Waals surface area contributed by atoms with Gasteiger partial charge >= 0.3 is 6.09 Å². The monoisotopic (exact) mass is 367 g/mol. The average Bonchev–Trinajstić information content (AvgIpc) is 2.88. The molecule has 1 heterocycles. The van der Waals surface area contributed by atoms with E-state index in [0.717, 1.165) is 20.2 Å². The highest BCUT2D eigenvalue weighted by molar-refractivity contribution is 7.82. The Kier molecular flexibility index (Phi) is 6.11. The lowest BCUT2D eigenvalue weighted by Gasteiger charge is -2.37. The van der Waals surface area contributed by atoms with Crippen molar-refractivity contribution in [1.82, 2.24) is 0 Å². The van der Waals surface area contributed by atoms with Crippen molar-refractivity contribution in [3.63, 3.8) is 0 Å². The zero-order valence-electron chi connectivity index (χ0n) is 15.4. The molecule has 2 rings (SSSR count). The summed E-state index contributed by atoms with van der Waals surface area (Å²) in [5, 5.41) is 9.57. The third-order valence-corrected chi connectivity index (χ3v) is 16.0. The molecular weight excluding hydrogens is 337 g/mol. The third-order valence-electron chi connectivity index (χ3n) is 5.18. The van der Waals surface area contributed by atoms with Crippen LogP contribution in [0.25, 0.3) is 0 Å². The first kappa shape index (κ1) is 19.4. The van der Waals surface area contributed by atoms with E-state index in [1.165, 1.54) is 11.7 Å². The Hall–Kier alpha value is -0.903. The quantitative estimate of drug-likeness (QED) is 0.605. The van der Waals surface area contributed by atoms with Gasteiger partial charge in [-0.25, -0.2) is 4.79 Å². The minimum absolute atomic E-state index is 0.130. The van der Waals surface area contributed by atoms with Gasteiger partial charge in [0.2, 0.25) is 0 Å². The third kappa shape index (κ3) is 4.59. The summed E-state index contributed by atoms with van der Waals surface area (Å²) in [5.41, 5.74) is 2.16. The summed E-state index contributed by atoms with van der Waals surface area (Å²) in [4.78, 5) is 13.4. The molecule has 6 heteroatoms. The second-order valence-electron chi connectivity index (χ2n) is 8.02. The summed E-state index contributed by atoms with van der Waals surface area (Å²) in [6, 6.07) is 8.16. The Labute approximate surface area is 148 Å². The molecule has 0 saturated carbocycles. The van der Waals surface area contributed by atoms with Crippen LogP contribution in [-0.2, 0) is 11.2 Å². The second-order valence-corrected chi connectivity index (χ2v) is 18.4. The van der Waals surface area contributed by atoms with Crippen molar-refractivity contribution < 1.29 is 14.6 Å². The molecule has 24 heavy (non-hydrogen) atoms. The SMILES string of the molecule is CC(C)(C)[Si](C)(C)PCCc1ccc(N2CC(CO)OC2=O)cc1. The molecule has 0 radical (unpaired) electrons. The van der Waals surface area contributed by atoms with Crippen molar-refractivity contribution in [3.05, 3.63) is 29.8 Å². The maximum Gasteiger partial charge on any atom is 0.414 e. The number of amides is 1. The largest absolute Gasteiger partial charge is 0.441 e. The number of ether oxygens (including phenoxy) is 1. The van der Waals surface area contributed by atoms with Gasteiger partial charge in [-0.2, -0.15) is 0 Å². The van der Waals surface area contributed by atoms with Crippen LogP contribution >= 0.6 is 8.13 Å². The van der Waals surface area contributed by atoms with Crippen molar-refractivity contribution in [3.8, 4) is 0 Å². The summed E-state index contributed by atoms with van der Waals surface area (Å²) < 4.78 is 5.08. The van der Waals surface area contributed by atoms with Crippen LogP contribution in [-0.4, -0.2) is 44.4 Å². The van der Waals surface area contributed by atoms with Crippen LogP contribution in [0.2, 0.25) is 18.1 Å². The predicted octanol–water partition coefficient (Wildman–Crippen LogP) is 4.23. The number of hydrogen-bond acceptors (Lipinski definition) is 3. The number of aliphatic hydroxyl groups excluding tert-OH is 1. The highest BCUT2D eigenvalue weighted by Gasteiger charge is 2.34. The van der Waals surface area contributed by atoms with Crippen LogP contribution in [0.5, 0.6) is 0 Å². The van der Waals surface area contributed by atoms with E-state index in [0.29, 0.717) is 11.6 Å². The smallest absolute Gasteiger partial charge is 0.414 e. The van der Waals surface area contributed by atoms with Gasteiger partial charge in [0.15, 0.2) is 0 Å². The molecule has 1 aromatic carbocycles. The highest BCUT2D eigenvalue weighted by atomic mass is 31.3. The van der Waals surface area contributed by atoms with E-state index in [4.69, 9.17) is 9.84 Å². The molecule has 1 aromatic rings. The van der Waals surface area contributed by atoms with Gasteiger partial charge in [-0.05, 0) is 35.3 Å². The van der Waals surface area contributed by atoms with Crippen molar-refractivity contribution >= 4 is 27.7 Å². The lowest BCUT2D eigenvalue weighted by atomic mass is 10.1. The summed E-state index contributed by atoms with van der Waals surface area (Å²) >= 11 is 0. The van der Waals surface area contributed by atoms with Gasteiger partial charge in [0.25, 0.3) is 0 Å². The van der Waals surface area contributed by atoms with E-state index in [9.17, 15) is 4.79 Å². The van der Waals surface area contributed by atoms with E-state index in [1.54, 1.807) is 4.90 Å². The molecule has 1 N–H and O–H groups in total. The van der Waals surface area contributed by atoms with Crippen LogP contribution < -0.4 is 4.90 Å². The zero-order chi connectivity index (χ0) is 18.0. The Bertz CT molecular complexity index is 569. The van der Waals surface area contributed by atoms with Gasteiger partial charge in [-0.3, -0.25) is 4.90 Å². The van der Waals surface area contributed by atoms with E-state index < -0.39 is 13.8 Å². The average molecular weight is 368 g/mol. The Morgan fingerprint density at radius 3 is 2.42 bits per heavy atom. The standard InChI is InChI=1S/C18H30NO3PSi/c1-18(2,3)24(4,5)23-11-10-14-6-8-15(9-7-14)19-12-16(13-20)22-17(19)21/h6-9,16,20,23H,10-13H2,1-5H3. The molecule has 2 atom stereocenters. The number of benzene rings is 1. The molecule has 1 aliphatic heterocycles. The number of aliphatic hydroxyl groups is 1. The minimum atomic E-state index is -1.18. The number of cyclic esters (lactones) is 1. The van der Waals surface area contributed by atoms with Gasteiger partial charge in [-0.1, -0.05) is 46.0 Å². The van der Waals surface area contributed by atoms with Crippen LogP contribution in [0, 0.1) is 0 Å². The van der Waals surface area contributed by atoms with E-state index in [2.05, 4.69) is 46.0 Å². The Morgan fingerprint density at radius 1 is 1.29 bits per heavy atom. The lowest BCUT2D eigenvalue weighted by Crippen LogP contribution is -2.32. The molecular formula is C18H30NO3PSi. The van der Waals surface area contributed by atoms with Crippen molar-refractivity contribution in [2.24, 2.45) is 0 Å². The first-order valence-corrected chi connectivity index (χ1v) is 13.8. The van der Waals surface area contributed by atoms with E-state index in [1.807, 2.05) is 12.1 Å². The molecule has 0 spiro atoms. The summed E-state index contributed by atoms with van der Waals surface area (Å²) in [6.45, 7) is 12.4. The van der Waals surface area contributed by atoms with Crippen LogP contribution in [0.15, 0.2) is 24.3 Å². The van der Waals surface area contributed by atoms with Gasteiger partial charge in [-0.15, -0.1) is 8.13 Å². The number of anilines is 1. The van der Waals surface area contributed by atoms with Crippen LogP contribution in [0.4, 0.5) is 10.5 Å². The summed E-state index contributed by atoms with van der Waals surface area (Å²) in [5.74, 6) is 0. The topological polar surface area (TPSA) is 49.8 Å². The van der Waals surface area contributed by atoms with Gasteiger partial charge in [0.05, 0.1) is 20.9 Å². The molecule has 1 fully saturated rings. The maximum atomic E-state index is 11.8. The van der Waals surface area contributed by atoms with Crippen LogP contribution in [0.3, 0.4) is 0 Å². The highest BCUT2D eigenvalue weighted by Crippen LogP contribution is 2.46. The summed E-state index contributed by atoms with van der Waals surface area (Å²) in [6.07, 6.45) is 1.55. The van der Waals surface area contributed by atoms with E-state index >= 15 is 0 Å². The molecule has 1 amide bonds. The number of aryl methyl sites for hydroxylation is 1. The van der Waals surface area contributed by atoms with Crippen molar-refractivity contribution in [2.75, 3.05) is 24.2 Å². The molecule has 0 aromatic heterocycles. The Morgan fingerprint density at radius 2 is 1.92 bits per heavy atom. The number of nitrogens with zero attached hydrogens (tertiary/aromatic N) is 1. The van der Waals surface area contributed by atoms with Crippen molar-refractivity contribution in [2.45, 2.75) is 51.4 Å². The lowest BCUT2D eigenvalue weighted by molar-refractivity contribution is 0.0963. The molecule has 134 valence electrons. The minimum Gasteiger partial charge on any atom is -0.441 e. The summed E-state index contributed by atoms with van der Waals surface area (Å²) in [7, 11) is -0.120. The number of carbonyl (C=O) groups excluding carboxylic acids is 1. The zero-order valence-corrected chi connectivity index (χ0v) is 17.4. The second kappa shape index (κ2) is 7.55. The normalized spacial score (nSPS) is 19.3. The fraction of sp³-hybridized carbons (Fsp3) is 0.611. The Balaban J connectivity index is 1.90. The first-order chi connectivity index (χ1) is 11.1. The molecule has 1 saturated heterocycles. The number of hydrogen-bond donors (Lipinski definition) is 1. The first-order valence-electron chi connectivity index (χ1n) is 8.57. The van der Waals surface area contributed by atoms with Crippen LogP contribution in [0.1, 0.15) is 26.3 Å². The molecule has 4 nitrogen and oxygen atoms in total. The van der Waals surface area contributed by atoms with Gasteiger partial charge in [0.1, 0.15) is 6.10 Å². The molecule has 2 unspecified atom stereocenters. The fourth-order valence-corrected chi connectivity index (χ4v) is 7.86. The van der Waals surface area contributed by atoms with Gasteiger partial charge < -0.3 is 9.84 Å². The molecule has 1 aliphatic rings.